The van der Waals surface area contributed by atoms with Crippen LogP contribution in [0.4, 0.5) is 0 Å². The van der Waals surface area contributed by atoms with Crippen LogP contribution in [0.25, 0.3) is 0 Å². The summed E-state index contributed by atoms with van der Waals surface area (Å²) in [6, 6.07) is 8.14. The normalized spacial score (nSPS) is 20.6. The van der Waals surface area contributed by atoms with E-state index in [-0.39, 0.29) is 0 Å². The highest BCUT2D eigenvalue weighted by Crippen LogP contribution is 2.38. The minimum absolute atomic E-state index is 0.647. The fourth-order valence-electron chi connectivity index (χ4n) is 3.11. The summed E-state index contributed by atoms with van der Waals surface area (Å²) in [7, 11) is 0. The Morgan fingerprint density at radius 3 is 2.61 bits per heavy atom. The Kier molecular flexibility index (Phi) is 4.85. The van der Waals surface area contributed by atoms with Crippen molar-refractivity contribution in [2.75, 3.05) is 0 Å². The molecule has 1 aromatic carbocycles. The van der Waals surface area contributed by atoms with Gasteiger partial charge in [-0.2, -0.15) is 0 Å². The summed E-state index contributed by atoms with van der Waals surface area (Å²) in [6.45, 7) is 2.09. The largest absolute Gasteiger partial charge is 0.385 e. The van der Waals surface area contributed by atoms with E-state index in [0.29, 0.717) is 5.92 Å². The molecule has 1 N–H and O–H groups in total. The number of halogens is 1. The molecule has 1 nitrogen and oxygen atoms in total. The van der Waals surface area contributed by atoms with Gasteiger partial charge in [-0.15, -0.1) is 0 Å². The highest BCUT2D eigenvalue weighted by atomic mass is 79.9. The van der Waals surface area contributed by atoms with Gasteiger partial charge in [-0.3, -0.25) is 0 Å². The zero-order chi connectivity index (χ0) is 13.0. The van der Waals surface area contributed by atoms with Gasteiger partial charge < -0.3 is 5.11 Å². The minimum Gasteiger partial charge on any atom is -0.385 e. The molecule has 0 heterocycles. The smallest absolute Gasteiger partial charge is 0.0897 e. The molecule has 1 saturated carbocycles. The van der Waals surface area contributed by atoms with Gasteiger partial charge in [-0.05, 0) is 36.5 Å². The molecule has 1 unspecified atom stereocenters. The van der Waals surface area contributed by atoms with Crippen LogP contribution >= 0.6 is 15.9 Å². The summed E-state index contributed by atoms with van der Waals surface area (Å²) in [5, 5.41) is 10.9. The third-order valence-electron chi connectivity index (χ3n) is 4.30. The first-order valence-electron chi connectivity index (χ1n) is 7.12. The van der Waals surface area contributed by atoms with Gasteiger partial charge in [-0.1, -0.05) is 67.1 Å². The SMILES string of the molecule is CCC(O)(CC1CCCCC1)c1cccc(Br)c1. The van der Waals surface area contributed by atoms with Crippen LogP contribution < -0.4 is 0 Å². The van der Waals surface area contributed by atoms with Crippen molar-refractivity contribution in [3.8, 4) is 0 Å². The molecule has 1 aliphatic carbocycles. The maximum absolute atomic E-state index is 10.9. The molecular weight excluding hydrogens is 288 g/mol. The summed E-state index contributed by atoms with van der Waals surface area (Å²) < 4.78 is 1.05. The Bertz CT molecular complexity index is 384. The van der Waals surface area contributed by atoms with Crippen molar-refractivity contribution in [3.63, 3.8) is 0 Å². The monoisotopic (exact) mass is 310 g/mol. The average Bonchev–Trinajstić information content (AvgIpc) is 2.40. The molecule has 0 aliphatic heterocycles. The molecular formula is C16H23BrO. The summed E-state index contributed by atoms with van der Waals surface area (Å²) >= 11 is 3.50. The van der Waals surface area contributed by atoms with Gasteiger partial charge in [0, 0.05) is 4.47 Å². The molecule has 1 atom stereocenters. The van der Waals surface area contributed by atoms with E-state index in [9.17, 15) is 5.11 Å². The fraction of sp³-hybridized carbons (Fsp3) is 0.625. The Balaban J connectivity index is 2.13. The van der Waals surface area contributed by atoms with Gasteiger partial charge in [0.15, 0.2) is 0 Å². The second-order valence-electron chi connectivity index (χ2n) is 5.60. The van der Waals surface area contributed by atoms with E-state index in [1.807, 2.05) is 12.1 Å². The lowest BCUT2D eigenvalue weighted by molar-refractivity contribution is 0.00158. The van der Waals surface area contributed by atoms with E-state index in [4.69, 9.17) is 0 Å². The molecule has 0 amide bonds. The predicted octanol–water partition coefficient (Wildman–Crippen LogP) is 5.02. The zero-order valence-corrected chi connectivity index (χ0v) is 12.7. The molecule has 100 valence electrons. The lowest BCUT2D eigenvalue weighted by atomic mass is 9.77. The van der Waals surface area contributed by atoms with E-state index in [1.165, 1.54) is 32.1 Å². The van der Waals surface area contributed by atoms with Crippen LogP contribution in [0, 0.1) is 5.92 Å². The van der Waals surface area contributed by atoms with Gasteiger partial charge in [0.05, 0.1) is 5.60 Å². The summed E-state index contributed by atoms with van der Waals surface area (Å²) in [4.78, 5) is 0. The van der Waals surface area contributed by atoms with Crippen LogP contribution in [0.3, 0.4) is 0 Å². The Hall–Kier alpha value is -0.340. The van der Waals surface area contributed by atoms with Crippen molar-refractivity contribution in [3.05, 3.63) is 34.3 Å². The number of hydrogen-bond acceptors (Lipinski definition) is 1. The minimum atomic E-state index is -0.647. The van der Waals surface area contributed by atoms with E-state index >= 15 is 0 Å². The van der Waals surface area contributed by atoms with Crippen molar-refractivity contribution in [1.82, 2.24) is 0 Å². The molecule has 18 heavy (non-hydrogen) atoms. The van der Waals surface area contributed by atoms with Crippen molar-refractivity contribution >= 4 is 15.9 Å². The predicted molar refractivity (Wildman–Crippen MR) is 79.5 cm³/mol. The van der Waals surface area contributed by atoms with Crippen LogP contribution in [0.5, 0.6) is 0 Å². The zero-order valence-electron chi connectivity index (χ0n) is 11.2. The summed E-state index contributed by atoms with van der Waals surface area (Å²) in [5.74, 6) is 0.697. The van der Waals surface area contributed by atoms with E-state index in [2.05, 4.69) is 35.0 Å². The molecule has 2 heteroatoms. The van der Waals surface area contributed by atoms with Crippen LogP contribution in [0.1, 0.15) is 57.4 Å². The van der Waals surface area contributed by atoms with Crippen molar-refractivity contribution < 1.29 is 5.11 Å². The van der Waals surface area contributed by atoms with Crippen LogP contribution in [-0.2, 0) is 5.60 Å². The molecule has 0 bridgehead atoms. The van der Waals surface area contributed by atoms with Gasteiger partial charge >= 0.3 is 0 Å². The molecule has 2 rings (SSSR count). The maximum atomic E-state index is 10.9. The van der Waals surface area contributed by atoms with Gasteiger partial charge in [0.2, 0.25) is 0 Å². The molecule has 0 radical (unpaired) electrons. The number of aliphatic hydroxyl groups is 1. The van der Waals surface area contributed by atoms with Crippen LogP contribution in [0.2, 0.25) is 0 Å². The van der Waals surface area contributed by atoms with Crippen molar-refractivity contribution in [2.45, 2.75) is 57.5 Å². The summed E-state index contributed by atoms with van der Waals surface area (Å²) in [5.41, 5.74) is 0.413. The molecule has 0 aromatic heterocycles. The molecule has 0 saturated heterocycles. The van der Waals surface area contributed by atoms with E-state index in [0.717, 1.165) is 22.9 Å². The van der Waals surface area contributed by atoms with Crippen LogP contribution in [0.15, 0.2) is 28.7 Å². The number of hydrogen-bond donors (Lipinski definition) is 1. The maximum Gasteiger partial charge on any atom is 0.0897 e. The molecule has 1 fully saturated rings. The van der Waals surface area contributed by atoms with Crippen LogP contribution in [-0.4, -0.2) is 5.11 Å². The van der Waals surface area contributed by atoms with E-state index in [1.54, 1.807) is 0 Å². The Labute approximate surface area is 119 Å². The Morgan fingerprint density at radius 1 is 1.28 bits per heavy atom. The first-order valence-corrected chi connectivity index (χ1v) is 7.92. The Morgan fingerprint density at radius 2 is 2.00 bits per heavy atom. The highest BCUT2D eigenvalue weighted by Gasteiger charge is 2.31. The molecule has 0 spiro atoms. The van der Waals surface area contributed by atoms with Gasteiger partial charge in [-0.25, -0.2) is 0 Å². The van der Waals surface area contributed by atoms with Gasteiger partial charge in [0.1, 0.15) is 0 Å². The first kappa shape index (κ1) is 14.1. The quantitative estimate of drug-likeness (QED) is 0.828. The number of rotatable bonds is 4. The average molecular weight is 311 g/mol. The van der Waals surface area contributed by atoms with Crippen molar-refractivity contribution in [2.24, 2.45) is 5.92 Å². The second-order valence-corrected chi connectivity index (χ2v) is 6.52. The van der Waals surface area contributed by atoms with Crippen molar-refractivity contribution in [1.29, 1.82) is 0 Å². The first-order chi connectivity index (χ1) is 8.64. The van der Waals surface area contributed by atoms with Gasteiger partial charge in [0.25, 0.3) is 0 Å². The lowest BCUT2D eigenvalue weighted by Crippen LogP contribution is -2.29. The third-order valence-corrected chi connectivity index (χ3v) is 4.79. The third kappa shape index (κ3) is 3.36. The molecule has 1 aromatic rings. The topological polar surface area (TPSA) is 20.2 Å². The fourth-order valence-corrected chi connectivity index (χ4v) is 3.51. The molecule has 1 aliphatic rings. The standard InChI is InChI=1S/C16H23BrO/c1-2-16(18,12-13-7-4-3-5-8-13)14-9-6-10-15(17)11-14/h6,9-11,13,18H,2-5,7-8,12H2,1H3. The van der Waals surface area contributed by atoms with E-state index < -0.39 is 5.60 Å². The lowest BCUT2D eigenvalue weighted by Gasteiger charge is -2.33. The second kappa shape index (κ2) is 6.21. The summed E-state index contributed by atoms with van der Waals surface area (Å²) in [6.07, 6.45) is 8.33. The highest BCUT2D eigenvalue weighted by molar-refractivity contribution is 9.10. The number of benzene rings is 1.